The van der Waals surface area contributed by atoms with Crippen molar-refractivity contribution in [1.82, 2.24) is 4.57 Å². The monoisotopic (exact) mass is 651 g/mol. The predicted octanol–water partition coefficient (Wildman–Crippen LogP) is 4.90. The van der Waals surface area contributed by atoms with E-state index in [1.807, 2.05) is 60.8 Å². The summed E-state index contributed by atoms with van der Waals surface area (Å²) in [6.45, 7) is 1.81. The first-order valence-electron chi connectivity index (χ1n) is 9.79. The first-order chi connectivity index (χ1) is 15.9. The summed E-state index contributed by atoms with van der Waals surface area (Å²) in [4.78, 5) is 33.0. The number of halogens is 2. The van der Waals surface area contributed by atoms with Crippen molar-refractivity contribution in [1.29, 1.82) is 0 Å². The summed E-state index contributed by atoms with van der Waals surface area (Å²) in [6.07, 6.45) is 1.71. The van der Waals surface area contributed by atoms with Gasteiger partial charge in [0.1, 0.15) is 11.8 Å². The van der Waals surface area contributed by atoms with Gasteiger partial charge in [-0.25, -0.2) is 4.99 Å². The van der Waals surface area contributed by atoms with Gasteiger partial charge in [-0.15, -0.1) is 11.3 Å². The molecule has 166 valence electrons. The number of amides is 1. The number of furan rings is 1. The highest BCUT2D eigenvalue weighted by molar-refractivity contribution is 14.1. The number of aromatic nitrogens is 1. The number of benzene rings is 1. The fraction of sp³-hybridized carbons (Fsp3) is 0.0870. The van der Waals surface area contributed by atoms with E-state index in [0.29, 0.717) is 35.8 Å². The normalized spacial score (nSPS) is 16.0. The van der Waals surface area contributed by atoms with Crippen molar-refractivity contribution < 1.29 is 9.21 Å². The number of nitrogens with zero attached hydrogens (tertiary/aromatic N) is 2. The number of carbonyl (C=O) groups is 1. The zero-order valence-electron chi connectivity index (χ0n) is 17.0. The van der Waals surface area contributed by atoms with E-state index in [2.05, 4.69) is 48.8 Å². The maximum Gasteiger partial charge on any atom is 0.271 e. The molecule has 1 atom stereocenters. The van der Waals surface area contributed by atoms with E-state index in [0.717, 1.165) is 9.35 Å². The van der Waals surface area contributed by atoms with Gasteiger partial charge < -0.3 is 9.73 Å². The molecule has 5 rings (SSSR count). The summed E-state index contributed by atoms with van der Waals surface area (Å²) in [5.74, 6) is 0.293. The van der Waals surface area contributed by atoms with E-state index < -0.39 is 6.04 Å². The Morgan fingerprint density at radius 2 is 2.06 bits per heavy atom. The number of para-hydroxylation sites is 1. The zero-order valence-corrected chi connectivity index (χ0v) is 22.4. The van der Waals surface area contributed by atoms with Gasteiger partial charge in [0.25, 0.3) is 11.5 Å². The zero-order chi connectivity index (χ0) is 23.1. The number of rotatable bonds is 4. The second kappa shape index (κ2) is 9.16. The van der Waals surface area contributed by atoms with Crippen molar-refractivity contribution in [3.05, 3.63) is 104 Å². The Hall–Kier alpha value is -2.28. The van der Waals surface area contributed by atoms with Crippen molar-refractivity contribution in [2.45, 2.75) is 13.0 Å². The maximum atomic E-state index is 13.5. The Morgan fingerprint density at radius 1 is 1.27 bits per heavy atom. The number of allylic oxidation sites excluding steroid dienone is 1. The second-order valence-corrected chi connectivity index (χ2v) is 11.0. The molecule has 4 aromatic rings. The van der Waals surface area contributed by atoms with E-state index in [1.54, 1.807) is 10.6 Å². The van der Waals surface area contributed by atoms with Crippen molar-refractivity contribution in [3.8, 4) is 0 Å². The SMILES string of the molecule is CC1=C(C(=O)Nc2ccccc2)[C@H](c2cccs2)n2c(s/c(=C/c3cc(Br)c(I)o3)c2=O)=N1. The highest BCUT2D eigenvalue weighted by Crippen LogP contribution is 2.33. The molecule has 1 N–H and O–H groups in total. The van der Waals surface area contributed by atoms with Crippen molar-refractivity contribution in [2.75, 3.05) is 5.32 Å². The van der Waals surface area contributed by atoms with Crippen LogP contribution in [0.4, 0.5) is 5.69 Å². The van der Waals surface area contributed by atoms with Gasteiger partial charge in [-0.3, -0.25) is 14.2 Å². The van der Waals surface area contributed by atoms with Gasteiger partial charge in [0.15, 0.2) is 8.57 Å². The van der Waals surface area contributed by atoms with Gasteiger partial charge in [0.05, 0.1) is 20.3 Å². The lowest BCUT2D eigenvalue weighted by molar-refractivity contribution is -0.113. The van der Waals surface area contributed by atoms with Crippen LogP contribution < -0.4 is 20.2 Å². The molecule has 0 spiro atoms. The third-order valence-corrected chi connectivity index (χ3v) is 9.09. The molecule has 1 aromatic carbocycles. The van der Waals surface area contributed by atoms with Crippen LogP contribution in [0.25, 0.3) is 6.08 Å². The molecule has 3 aromatic heterocycles. The number of carbonyl (C=O) groups excluding carboxylic acids is 1. The van der Waals surface area contributed by atoms with Crippen LogP contribution in [0.5, 0.6) is 0 Å². The number of fused-ring (bicyclic) bond motifs is 1. The molecule has 0 bridgehead atoms. The van der Waals surface area contributed by atoms with Crippen LogP contribution >= 0.6 is 61.2 Å². The Kier molecular flexibility index (Phi) is 6.25. The molecular formula is C23H15BrIN3O3S2. The number of anilines is 1. The van der Waals surface area contributed by atoms with Gasteiger partial charge in [-0.1, -0.05) is 35.6 Å². The largest absolute Gasteiger partial charge is 0.450 e. The third kappa shape index (κ3) is 4.32. The number of thiophene rings is 1. The van der Waals surface area contributed by atoms with Crippen molar-refractivity contribution in [2.24, 2.45) is 4.99 Å². The lowest BCUT2D eigenvalue weighted by Gasteiger charge is -2.24. The van der Waals surface area contributed by atoms with E-state index in [1.165, 1.54) is 22.7 Å². The molecule has 10 heteroatoms. The molecule has 6 nitrogen and oxygen atoms in total. The molecule has 0 aliphatic carbocycles. The van der Waals surface area contributed by atoms with E-state index >= 15 is 0 Å². The molecular weight excluding hydrogens is 637 g/mol. The third-order valence-electron chi connectivity index (χ3n) is 5.05. The van der Waals surface area contributed by atoms with Gasteiger partial charge in [0.2, 0.25) is 0 Å². The summed E-state index contributed by atoms with van der Waals surface area (Å²) >= 11 is 8.30. The summed E-state index contributed by atoms with van der Waals surface area (Å²) in [6, 6.07) is 14.4. The highest BCUT2D eigenvalue weighted by Gasteiger charge is 2.33. The minimum atomic E-state index is -0.560. The van der Waals surface area contributed by atoms with Crippen LogP contribution in [0.3, 0.4) is 0 Å². The van der Waals surface area contributed by atoms with Gasteiger partial charge in [0, 0.05) is 39.2 Å². The smallest absolute Gasteiger partial charge is 0.271 e. The topological polar surface area (TPSA) is 76.6 Å². The fourth-order valence-electron chi connectivity index (χ4n) is 3.61. The molecule has 0 fully saturated rings. The average molecular weight is 652 g/mol. The number of hydrogen-bond donors (Lipinski definition) is 1. The number of thiazole rings is 1. The minimum absolute atomic E-state index is 0.211. The molecule has 1 amide bonds. The Labute approximate surface area is 218 Å². The van der Waals surface area contributed by atoms with Crippen LogP contribution in [-0.4, -0.2) is 10.5 Å². The van der Waals surface area contributed by atoms with Gasteiger partial charge in [-0.05, 0) is 52.5 Å². The van der Waals surface area contributed by atoms with Crippen LogP contribution in [-0.2, 0) is 4.79 Å². The van der Waals surface area contributed by atoms with Crippen molar-refractivity contribution in [3.63, 3.8) is 0 Å². The molecule has 4 heterocycles. The van der Waals surface area contributed by atoms with Crippen LogP contribution in [0, 0.1) is 3.77 Å². The molecule has 1 aliphatic rings. The van der Waals surface area contributed by atoms with Crippen LogP contribution in [0.1, 0.15) is 23.6 Å². The first kappa shape index (κ1) is 22.5. The lowest BCUT2D eigenvalue weighted by atomic mass is 10.0. The quantitative estimate of drug-likeness (QED) is 0.319. The van der Waals surface area contributed by atoms with Crippen LogP contribution in [0.2, 0.25) is 0 Å². The summed E-state index contributed by atoms with van der Waals surface area (Å²) in [5, 5.41) is 4.89. The molecule has 0 saturated heterocycles. The second-order valence-electron chi connectivity index (χ2n) is 7.19. The van der Waals surface area contributed by atoms with E-state index in [4.69, 9.17) is 4.42 Å². The van der Waals surface area contributed by atoms with Crippen LogP contribution in [0.15, 0.2) is 83.9 Å². The molecule has 1 aliphatic heterocycles. The Balaban J connectivity index is 1.65. The summed E-state index contributed by atoms with van der Waals surface area (Å²) < 4.78 is 9.33. The molecule has 33 heavy (non-hydrogen) atoms. The van der Waals surface area contributed by atoms with Gasteiger partial charge in [-0.2, -0.15) is 0 Å². The maximum absolute atomic E-state index is 13.5. The van der Waals surface area contributed by atoms with Gasteiger partial charge >= 0.3 is 0 Å². The Morgan fingerprint density at radius 3 is 2.73 bits per heavy atom. The molecule has 0 saturated carbocycles. The number of nitrogens with one attached hydrogen (secondary N) is 1. The minimum Gasteiger partial charge on any atom is -0.450 e. The van der Waals surface area contributed by atoms with Crippen molar-refractivity contribution >= 4 is 78.9 Å². The summed E-state index contributed by atoms with van der Waals surface area (Å²) in [7, 11) is 0. The average Bonchev–Trinajstić information content (AvgIpc) is 3.49. The summed E-state index contributed by atoms with van der Waals surface area (Å²) in [5.41, 5.74) is 1.51. The molecule has 0 radical (unpaired) electrons. The Bertz CT molecular complexity index is 1550. The highest BCUT2D eigenvalue weighted by atomic mass is 127. The first-order valence-corrected chi connectivity index (χ1v) is 13.4. The number of hydrogen-bond acceptors (Lipinski definition) is 6. The standard InChI is InChI=1S/C23H15BrIN3O3S2/c1-12-18(21(29)27-13-6-3-2-4-7-13)19(16-8-5-9-32-16)28-22(30)17(33-23(28)26-12)11-14-10-15(24)20(25)31-14/h2-11,19H,1H3,(H,27,29)/b17-11+/t19-/m0/s1. The van der Waals surface area contributed by atoms with E-state index in [9.17, 15) is 9.59 Å². The predicted molar refractivity (Wildman–Crippen MR) is 142 cm³/mol. The molecule has 0 unspecified atom stereocenters. The van der Waals surface area contributed by atoms with E-state index in [-0.39, 0.29) is 11.5 Å². The fourth-order valence-corrected chi connectivity index (χ4v) is 6.18. The lowest BCUT2D eigenvalue weighted by Crippen LogP contribution is -2.40.